The van der Waals surface area contributed by atoms with Gasteiger partial charge < -0.3 is 4.74 Å². The maximum atomic E-state index is 12.4. The molecule has 8 heteroatoms. The molecule has 88 valence electrons. The van der Waals surface area contributed by atoms with Gasteiger partial charge in [0.2, 0.25) is 0 Å². The molecule has 0 saturated heterocycles. The maximum Gasteiger partial charge on any atom is 0.435 e. The number of alkyl halides is 3. The average molecular weight is 255 g/mol. The Hall–Kier alpha value is -1.37. The van der Waals surface area contributed by atoms with Gasteiger partial charge in [-0.05, 0) is 12.5 Å². The SMILES string of the molecule is COC(=O)c1c(Cl)nnc(C(F)(F)F)c1C. The van der Waals surface area contributed by atoms with E-state index in [-0.39, 0.29) is 0 Å². The molecule has 0 unspecified atom stereocenters. The number of ether oxygens (including phenoxy) is 1. The molecule has 0 aliphatic rings. The monoisotopic (exact) mass is 254 g/mol. The lowest BCUT2D eigenvalue weighted by Crippen LogP contribution is -2.17. The fraction of sp³-hybridized carbons (Fsp3) is 0.375. The number of hydrogen-bond acceptors (Lipinski definition) is 4. The third kappa shape index (κ3) is 2.24. The normalized spacial score (nSPS) is 11.4. The van der Waals surface area contributed by atoms with Gasteiger partial charge in [-0.1, -0.05) is 11.6 Å². The lowest BCUT2D eigenvalue weighted by molar-refractivity contribution is -0.142. The molecule has 0 bridgehead atoms. The number of carbonyl (C=O) groups excluding carboxylic acids is 1. The first-order valence-electron chi connectivity index (χ1n) is 3.97. The van der Waals surface area contributed by atoms with Crippen LogP contribution in [0, 0.1) is 6.92 Å². The van der Waals surface area contributed by atoms with Gasteiger partial charge in [0, 0.05) is 0 Å². The van der Waals surface area contributed by atoms with Crippen LogP contribution in [-0.2, 0) is 10.9 Å². The van der Waals surface area contributed by atoms with E-state index in [0.29, 0.717) is 0 Å². The Labute approximate surface area is 93.4 Å². The number of nitrogens with zero attached hydrogens (tertiary/aromatic N) is 2. The van der Waals surface area contributed by atoms with Gasteiger partial charge >= 0.3 is 12.1 Å². The second kappa shape index (κ2) is 4.25. The summed E-state index contributed by atoms with van der Waals surface area (Å²) in [6.45, 7) is 1.08. The van der Waals surface area contributed by atoms with E-state index >= 15 is 0 Å². The van der Waals surface area contributed by atoms with Crippen molar-refractivity contribution in [1.29, 1.82) is 0 Å². The molecule has 16 heavy (non-hydrogen) atoms. The van der Waals surface area contributed by atoms with Crippen LogP contribution in [0.4, 0.5) is 13.2 Å². The summed E-state index contributed by atoms with van der Waals surface area (Å²) >= 11 is 5.48. The van der Waals surface area contributed by atoms with Crippen LogP contribution in [-0.4, -0.2) is 23.3 Å². The van der Waals surface area contributed by atoms with Gasteiger partial charge in [-0.2, -0.15) is 13.2 Å². The van der Waals surface area contributed by atoms with E-state index < -0.39 is 34.1 Å². The Morgan fingerprint density at radius 1 is 1.38 bits per heavy atom. The third-order valence-corrected chi connectivity index (χ3v) is 2.10. The van der Waals surface area contributed by atoms with Crippen molar-refractivity contribution in [1.82, 2.24) is 10.2 Å². The molecule has 1 rings (SSSR count). The molecule has 0 aromatic carbocycles. The minimum absolute atomic E-state index is 0.403. The van der Waals surface area contributed by atoms with Gasteiger partial charge in [0.15, 0.2) is 10.8 Å². The number of methoxy groups -OCH3 is 1. The number of hydrogen-bond donors (Lipinski definition) is 0. The number of rotatable bonds is 1. The molecule has 1 heterocycles. The number of carbonyl (C=O) groups is 1. The molecule has 0 radical (unpaired) electrons. The van der Waals surface area contributed by atoms with Crippen LogP contribution in [0.3, 0.4) is 0 Å². The van der Waals surface area contributed by atoms with Crippen molar-refractivity contribution in [2.24, 2.45) is 0 Å². The summed E-state index contributed by atoms with van der Waals surface area (Å²) in [4.78, 5) is 11.2. The van der Waals surface area contributed by atoms with E-state index in [1.54, 1.807) is 0 Å². The van der Waals surface area contributed by atoms with Crippen molar-refractivity contribution >= 4 is 17.6 Å². The van der Waals surface area contributed by atoms with Gasteiger partial charge in [0.25, 0.3) is 0 Å². The van der Waals surface area contributed by atoms with E-state index in [4.69, 9.17) is 11.6 Å². The minimum Gasteiger partial charge on any atom is -0.465 e. The smallest absolute Gasteiger partial charge is 0.435 e. The first-order valence-corrected chi connectivity index (χ1v) is 4.35. The molecule has 0 fully saturated rings. The molecule has 0 saturated carbocycles. The van der Waals surface area contributed by atoms with Crippen LogP contribution < -0.4 is 0 Å². The zero-order chi connectivity index (χ0) is 12.5. The fourth-order valence-corrected chi connectivity index (χ4v) is 1.36. The molecule has 1 aromatic rings. The quantitative estimate of drug-likeness (QED) is 0.721. The van der Waals surface area contributed by atoms with Crippen LogP contribution in [0.5, 0.6) is 0 Å². The highest BCUT2D eigenvalue weighted by molar-refractivity contribution is 6.32. The second-order valence-electron chi connectivity index (χ2n) is 2.83. The van der Waals surface area contributed by atoms with Crippen molar-refractivity contribution < 1.29 is 22.7 Å². The number of aromatic nitrogens is 2. The van der Waals surface area contributed by atoms with Crippen LogP contribution >= 0.6 is 11.6 Å². The van der Waals surface area contributed by atoms with Crippen LogP contribution in [0.1, 0.15) is 21.6 Å². The van der Waals surface area contributed by atoms with Crippen molar-refractivity contribution in [3.63, 3.8) is 0 Å². The zero-order valence-corrected chi connectivity index (χ0v) is 8.98. The van der Waals surface area contributed by atoms with Gasteiger partial charge in [-0.25, -0.2) is 4.79 Å². The van der Waals surface area contributed by atoms with Crippen LogP contribution in [0.15, 0.2) is 0 Å². The molecule has 0 aliphatic heterocycles. The van der Waals surface area contributed by atoms with Crippen molar-refractivity contribution in [3.05, 3.63) is 22.0 Å². The molecule has 0 N–H and O–H groups in total. The lowest BCUT2D eigenvalue weighted by atomic mass is 10.1. The molecule has 0 amide bonds. The average Bonchev–Trinajstić information content (AvgIpc) is 2.15. The topological polar surface area (TPSA) is 52.1 Å². The zero-order valence-electron chi connectivity index (χ0n) is 8.22. The Kier molecular flexibility index (Phi) is 3.37. The van der Waals surface area contributed by atoms with E-state index in [0.717, 1.165) is 14.0 Å². The van der Waals surface area contributed by atoms with E-state index in [2.05, 4.69) is 14.9 Å². The highest BCUT2D eigenvalue weighted by Gasteiger charge is 2.37. The van der Waals surface area contributed by atoms with Crippen molar-refractivity contribution in [3.8, 4) is 0 Å². The van der Waals surface area contributed by atoms with E-state index in [9.17, 15) is 18.0 Å². The summed E-state index contributed by atoms with van der Waals surface area (Å²) in [6, 6.07) is 0. The summed E-state index contributed by atoms with van der Waals surface area (Å²) in [5.41, 5.74) is -2.08. The largest absolute Gasteiger partial charge is 0.465 e. The van der Waals surface area contributed by atoms with Crippen molar-refractivity contribution in [2.45, 2.75) is 13.1 Å². The summed E-state index contributed by atoms with van der Waals surface area (Å²) in [5, 5.41) is 5.56. The maximum absolute atomic E-state index is 12.4. The first kappa shape index (κ1) is 12.7. The fourth-order valence-electron chi connectivity index (χ4n) is 1.10. The molecule has 0 spiro atoms. The number of esters is 1. The Morgan fingerprint density at radius 2 is 1.94 bits per heavy atom. The van der Waals surface area contributed by atoms with E-state index in [1.807, 2.05) is 0 Å². The molecule has 4 nitrogen and oxygen atoms in total. The summed E-state index contributed by atoms with van der Waals surface area (Å²) in [5.74, 6) is -0.983. The standard InChI is InChI=1S/C8H6ClF3N2O2/c1-3-4(7(15)16-2)6(9)14-13-5(3)8(10,11)12/h1-2H3. The molecular formula is C8H6ClF3N2O2. The summed E-state index contributed by atoms with van der Waals surface area (Å²) in [6.07, 6.45) is -4.69. The number of halogens is 4. The second-order valence-corrected chi connectivity index (χ2v) is 3.19. The molecule has 0 atom stereocenters. The van der Waals surface area contributed by atoms with Crippen LogP contribution in [0.25, 0.3) is 0 Å². The highest BCUT2D eigenvalue weighted by atomic mass is 35.5. The predicted octanol–water partition coefficient (Wildman–Crippen LogP) is 2.24. The van der Waals surface area contributed by atoms with Gasteiger partial charge in [-0.3, -0.25) is 0 Å². The van der Waals surface area contributed by atoms with Crippen LogP contribution in [0.2, 0.25) is 5.15 Å². The van der Waals surface area contributed by atoms with Gasteiger partial charge in [0.05, 0.1) is 7.11 Å². The van der Waals surface area contributed by atoms with Gasteiger partial charge in [-0.15, -0.1) is 10.2 Å². The van der Waals surface area contributed by atoms with Crippen molar-refractivity contribution in [2.75, 3.05) is 7.11 Å². The van der Waals surface area contributed by atoms with E-state index in [1.165, 1.54) is 0 Å². The molecule has 0 aliphatic carbocycles. The van der Waals surface area contributed by atoms with Gasteiger partial charge in [0.1, 0.15) is 5.56 Å². The highest BCUT2D eigenvalue weighted by Crippen LogP contribution is 2.32. The lowest BCUT2D eigenvalue weighted by Gasteiger charge is -2.11. The predicted molar refractivity (Wildman–Crippen MR) is 48.1 cm³/mol. The Morgan fingerprint density at radius 3 is 2.38 bits per heavy atom. The molecule has 1 aromatic heterocycles. The molecular weight excluding hydrogens is 249 g/mol. The Bertz CT molecular complexity index is 434. The first-order chi connectivity index (χ1) is 7.29. The summed E-state index contributed by atoms with van der Waals surface area (Å²) in [7, 11) is 1.03. The third-order valence-electron chi connectivity index (χ3n) is 1.83. The Balaban J connectivity index is 3.45. The minimum atomic E-state index is -4.69. The summed E-state index contributed by atoms with van der Waals surface area (Å²) < 4.78 is 41.6.